The van der Waals surface area contributed by atoms with Crippen LogP contribution in [-0.4, -0.2) is 29.0 Å². The molecule has 0 heterocycles. The van der Waals surface area contributed by atoms with E-state index >= 15 is 0 Å². The Morgan fingerprint density at radius 2 is 2.11 bits per heavy atom. The molecule has 2 unspecified atom stereocenters. The van der Waals surface area contributed by atoms with E-state index in [-0.39, 0.29) is 12.1 Å². The monoisotopic (exact) mass is 279 g/mol. The largest absolute Gasteiger partial charge is 0.394 e. The molecule has 1 aromatic carbocycles. The van der Waals surface area contributed by atoms with Crippen LogP contribution in [0.5, 0.6) is 0 Å². The average Bonchev–Trinajstić information content (AvgIpc) is 2.42. The lowest BCUT2D eigenvalue weighted by Crippen LogP contribution is -2.52. The highest BCUT2D eigenvalue weighted by atomic mass is 32.2. The molecular formula is C16H25NOS. The number of hydrogen-bond acceptors (Lipinski definition) is 3. The lowest BCUT2D eigenvalue weighted by Gasteiger charge is -2.40. The Morgan fingerprint density at radius 1 is 1.37 bits per heavy atom. The maximum Gasteiger partial charge on any atom is 0.0613 e. The van der Waals surface area contributed by atoms with E-state index in [9.17, 15) is 5.11 Å². The van der Waals surface area contributed by atoms with E-state index in [0.29, 0.717) is 5.25 Å². The van der Waals surface area contributed by atoms with E-state index in [0.717, 1.165) is 19.4 Å². The molecule has 106 valence electrons. The molecule has 0 aliphatic heterocycles. The van der Waals surface area contributed by atoms with Gasteiger partial charge in [-0.2, -0.15) is 0 Å². The lowest BCUT2D eigenvalue weighted by atomic mass is 9.82. The molecule has 1 aliphatic carbocycles. The summed E-state index contributed by atoms with van der Waals surface area (Å²) in [7, 11) is 0. The van der Waals surface area contributed by atoms with E-state index in [1.807, 2.05) is 11.8 Å². The third-order valence-corrected chi connectivity index (χ3v) is 5.26. The first-order valence-corrected chi connectivity index (χ1v) is 8.14. The van der Waals surface area contributed by atoms with Gasteiger partial charge in [-0.25, -0.2) is 0 Å². The number of aryl methyl sites for hydroxylation is 1. The van der Waals surface area contributed by atoms with Gasteiger partial charge in [0.2, 0.25) is 0 Å². The summed E-state index contributed by atoms with van der Waals surface area (Å²) in [6.45, 7) is 5.43. The molecule has 0 bridgehead atoms. The summed E-state index contributed by atoms with van der Waals surface area (Å²) in [6.07, 6.45) is 4.63. The van der Waals surface area contributed by atoms with Gasteiger partial charge in [-0.1, -0.05) is 31.0 Å². The molecule has 0 radical (unpaired) electrons. The van der Waals surface area contributed by atoms with E-state index in [1.165, 1.54) is 23.3 Å². The van der Waals surface area contributed by atoms with Crippen molar-refractivity contribution in [1.29, 1.82) is 0 Å². The zero-order chi connectivity index (χ0) is 13.7. The number of hydrogen-bond donors (Lipinski definition) is 2. The molecule has 1 fully saturated rings. The van der Waals surface area contributed by atoms with E-state index in [1.54, 1.807) is 0 Å². The van der Waals surface area contributed by atoms with Crippen LogP contribution in [0.2, 0.25) is 0 Å². The number of aliphatic hydroxyl groups excluding tert-OH is 1. The third-order valence-electron chi connectivity index (χ3n) is 3.98. The Bertz CT molecular complexity index is 388. The van der Waals surface area contributed by atoms with Gasteiger partial charge in [-0.3, -0.25) is 0 Å². The molecule has 2 atom stereocenters. The summed E-state index contributed by atoms with van der Waals surface area (Å²) < 4.78 is 0. The Hall–Kier alpha value is -0.510. The second-order valence-corrected chi connectivity index (χ2v) is 6.99. The Kier molecular flexibility index (Phi) is 5.31. The molecule has 1 aromatic rings. The molecule has 2 rings (SSSR count). The minimum absolute atomic E-state index is 0.0463. The molecule has 0 aromatic heterocycles. The topological polar surface area (TPSA) is 32.3 Å². The van der Waals surface area contributed by atoms with Crippen molar-refractivity contribution in [2.24, 2.45) is 0 Å². The maximum atomic E-state index is 9.72. The van der Waals surface area contributed by atoms with Gasteiger partial charge in [0.05, 0.1) is 6.61 Å². The molecule has 1 aliphatic rings. The van der Waals surface area contributed by atoms with Gasteiger partial charge in [0.25, 0.3) is 0 Å². The van der Waals surface area contributed by atoms with Gasteiger partial charge in [-0.15, -0.1) is 11.8 Å². The SMILES string of the molecule is CCNC1(CO)CCCC(Sc2ccc(C)cc2)C1. The van der Waals surface area contributed by atoms with Crippen LogP contribution in [0.15, 0.2) is 29.2 Å². The van der Waals surface area contributed by atoms with Crippen molar-refractivity contribution in [3.05, 3.63) is 29.8 Å². The lowest BCUT2D eigenvalue weighted by molar-refractivity contribution is 0.125. The Balaban J connectivity index is 1.99. The second kappa shape index (κ2) is 6.78. The molecule has 19 heavy (non-hydrogen) atoms. The van der Waals surface area contributed by atoms with Crippen LogP contribution in [0.1, 0.15) is 38.2 Å². The van der Waals surface area contributed by atoms with Crippen LogP contribution in [0, 0.1) is 6.92 Å². The number of benzene rings is 1. The van der Waals surface area contributed by atoms with Gasteiger partial charge >= 0.3 is 0 Å². The first kappa shape index (κ1) is 14.9. The predicted molar refractivity (Wildman–Crippen MR) is 82.8 cm³/mol. The van der Waals surface area contributed by atoms with Crippen LogP contribution in [-0.2, 0) is 0 Å². The fraction of sp³-hybridized carbons (Fsp3) is 0.625. The minimum atomic E-state index is -0.0463. The fourth-order valence-electron chi connectivity index (χ4n) is 2.95. The molecule has 2 N–H and O–H groups in total. The normalized spacial score (nSPS) is 27.4. The number of likely N-dealkylation sites (N-methyl/N-ethyl adjacent to an activating group) is 1. The zero-order valence-electron chi connectivity index (χ0n) is 12.0. The summed E-state index contributed by atoms with van der Waals surface area (Å²) in [5.41, 5.74) is 1.26. The highest BCUT2D eigenvalue weighted by molar-refractivity contribution is 8.00. The molecule has 3 heteroatoms. The standard InChI is InChI=1S/C16H25NOS/c1-3-17-16(12-18)10-4-5-15(11-16)19-14-8-6-13(2)7-9-14/h6-9,15,17-18H,3-5,10-12H2,1-2H3. The van der Waals surface area contributed by atoms with Crippen LogP contribution in [0.3, 0.4) is 0 Å². The Labute approximate surface area is 121 Å². The second-order valence-electron chi connectivity index (χ2n) is 5.62. The zero-order valence-corrected chi connectivity index (χ0v) is 12.8. The summed E-state index contributed by atoms with van der Waals surface area (Å²) >= 11 is 1.97. The molecule has 2 nitrogen and oxygen atoms in total. The third kappa shape index (κ3) is 3.98. The molecule has 0 saturated heterocycles. The number of thioether (sulfide) groups is 1. The van der Waals surface area contributed by atoms with Gasteiger partial charge in [-0.05, 0) is 44.9 Å². The number of aliphatic hydroxyl groups is 1. The smallest absolute Gasteiger partial charge is 0.0613 e. The summed E-state index contributed by atoms with van der Waals surface area (Å²) in [5.74, 6) is 0. The molecule has 1 saturated carbocycles. The minimum Gasteiger partial charge on any atom is -0.394 e. The van der Waals surface area contributed by atoms with Crippen LogP contribution < -0.4 is 5.32 Å². The van der Waals surface area contributed by atoms with Crippen LogP contribution in [0.4, 0.5) is 0 Å². The van der Waals surface area contributed by atoms with Gasteiger partial charge < -0.3 is 10.4 Å². The van der Waals surface area contributed by atoms with Crippen molar-refractivity contribution < 1.29 is 5.11 Å². The van der Waals surface area contributed by atoms with E-state index < -0.39 is 0 Å². The van der Waals surface area contributed by atoms with Crippen molar-refractivity contribution in [2.45, 2.75) is 55.2 Å². The van der Waals surface area contributed by atoms with E-state index in [4.69, 9.17) is 0 Å². The number of rotatable bonds is 5. The van der Waals surface area contributed by atoms with Crippen LogP contribution in [0.25, 0.3) is 0 Å². The predicted octanol–water partition coefficient (Wildman–Crippen LogP) is 3.37. The van der Waals surface area contributed by atoms with Crippen LogP contribution >= 0.6 is 11.8 Å². The van der Waals surface area contributed by atoms with Crippen molar-refractivity contribution >= 4 is 11.8 Å². The first-order valence-electron chi connectivity index (χ1n) is 7.27. The summed E-state index contributed by atoms with van der Waals surface area (Å²) in [5, 5.41) is 13.8. The molecule has 0 spiro atoms. The summed E-state index contributed by atoms with van der Waals surface area (Å²) in [6, 6.07) is 8.77. The first-order chi connectivity index (χ1) is 9.17. The Morgan fingerprint density at radius 3 is 2.74 bits per heavy atom. The molecular weight excluding hydrogens is 254 g/mol. The maximum absolute atomic E-state index is 9.72. The molecule has 0 amide bonds. The average molecular weight is 279 g/mol. The quantitative estimate of drug-likeness (QED) is 0.867. The van der Waals surface area contributed by atoms with E-state index in [2.05, 4.69) is 43.4 Å². The fourth-order valence-corrected chi connectivity index (χ4v) is 4.32. The van der Waals surface area contributed by atoms with Crippen molar-refractivity contribution in [1.82, 2.24) is 5.32 Å². The number of nitrogens with one attached hydrogen (secondary N) is 1. The van der Waals surface area contributed by atoms with Crippen molar-refractivity contribution in [3.8, 4) is 0 Å². The summed E-state index contributed by atoms with van der Waals surface area (Å²) in [4.78, 5) is 1.35. The van der Waals surface area contributed by atoms with Crippen molar-refractivity contribution in [2.75, 3.05) is 13.2 Å². The van der Waals surface area contributed by atoms with Gasteiger partial charge in [0.15, 0.2) is 0 Å². The van der Waals surface area contributed by atoms with Crippen molar-refractivity contribution in [3.63, 3.8) is 0 Å². The van der Waals surface area contributed by atoms with Gasteiger partial charge in [0, 0.05) is 15.7 Å². The van der Waals surface area contributed by atoms with Gasteiger partial charge in [0.1, 0.15) is 0 Å². The highest BCUT2D eigenvalue weighted by Crippen LogP contribution is 2.38. The highest BCUT2D eigenvalue weighted by Gasteiger charge is 2.35.